The predicted octanol–water partition coefficient (Wildman–Crippen LogP) is 1.02. The summed E-state index contributed by atoms with van der Waals surface area (Å²) < 4.78 is 7.14. The summed E-state index contributed by atoms with van der Waals surface area (Å²) in [7, 11) is 1.91. The molecule has 6 heteroatoms. The number of hydrogen-bond donors (Lipinski definition) is 0. The Kier molecular flexibility index (Phi) is 3.16. The zero-order chi connectivity index (χ0) is 13.2. The van der Waals surface area contributed by atoms with Gasteiger partial charge in [0.05, 0.1) is 25.1 Å². The highest BCUT2D eigenvalue weighted by molar-refractivity contribution is 5.62. The topological polar surface area (TPSA) is 56.1 Å². The van der Waals surface area contributed by atoms with Gasteiger partial charge in [0.25, 0.3) is 0 Å². The highest BCUT2D eigenvalue weighted by atomic mass is 16.5. The van der Waals surface area contributed by atoms with Gasteiger partial charge in [0.2, 0.25) is 5.95 Å². The van der Waals surface area contributed by atoms with E-state index < -0.39 is 0 Å². The zero-order valence-corrected chi connectivity index (χ0v) is 11.2. The van der Waals surface area contributed by atoms with Crippen LogP contribution in [-0.2, 0) is 11.8 Å². The van der Waals surface area contributed by atoms with Crippen molar-refractivity contribution >= 4 is 5.95 Å². The van der Waals surface area contributed by atoms with Gasteiger partial charge in [-0.25, -0.2) is 9.97 Å². The molecular weight excluding hydrogens is 242 g/mol. The molecule has 0 saturated carbocycles. The normalized spacial score (nSPS) is 15.8. The molecule has 19 heavy (non-hydrogen) atoms. The first-order valence-corrected chi connectivity index (χ1v) is 6.39. The first-order chi connectivity index (χ1) is 9.24. The summed E-state index contributed by atoms with van der Waals surface area (Å²) in [4.78, 5) is 11.3. The molecule has 0 unspecified atom stereocenters. The maximum absolute atomic E-state index is 5.35. The first kappa shape index (κ1) is 12.1. The van der Waals surface area contributed by atoms with Gasteiger partial charge in [0.1, 0.15) is 0 Å². The average Bonchev–Trinajstić information content (AvgIpc) is 2.87. The van der Waals surface area contributed by atoms with Crippen LogP contribution >= 0.6 is 0 Å². The molecule has 0 aliphatic carbocycles. The second-order valence-corrected chi connectivity index (χ2v) is 4.70. The molecule has 1 saturated heterocycles. The van der Waals surface area contributed by atoms with E-state index in [9.17, 15) is 0 Å². The van der Waals surface area contributed by atoms with E-state index in [2.05, 4.69) is 20.0 Å². The minimum Gasteiger partial charge on any atom is -0.378 e. The summed E-state index contributed by atoms with van der Waals surface area (Å²) in [6.45, 7) is 5.18. The monoisotopic (exact) mass is 259 g/mol. The van der Waals surface area contributed by atoms with Gasteiger partial charge in [0, 0.05) is 38.1 Å². The molecule has 1 aliphatic heterocycles. The summed E-state index contributed by atoms with van der Waals surface area (Å²) in [6, 6.07) is 0. The number of morpholine rings is 1. The van der Waals surface area contributed by atoms with E-state index in [1.54, 1.807) is 4.68 Å². The van der Waals surface area contributed by atoms with Crippen molar-refractivity contribution in [2.75, 3.05) is 31.2 Å². The lowest BCUT2D eigenvalue weighted by atomic mass is 10.1. The Morgan fingerprint density at radius 3 is 2.68 bits per heavy atom. The van der Waals surface area contributed by atoms with Gasteiger partial charge < -0.3 is 9.64 Å². The van der Waals surface area contributed by atoms with Crippen LogP contribution in [0.1, 0.15) is 5.56 Å². The van der Waals surface area contributed by atoms with Gasteiger partial charge in [-0.3, -0.25) is 4.68 Å². The van der Waals surface area contributed by atoms with Crippen molar-refractivity contribution in [1.82, 2.24) is 19.7 Å². The van der Waals surface area contributed by atoms with Crippen LogP contribution in [0.25, 0.3) is 11.3 Å². The highest BCUT2D eigenvalue weighted by Crippen LogP contribution is 2.22. The third-order valence-corrected chi connectivity index (χ3v) is 3.23. The van der Waals surface area contributed by atoms with E-state index in [1.165, 1.54) is 0 Å². The van der Waals surface area contributed by atoms with Crippen LogP contribution in [0.4, 0.5) is 5.95 Å². The fourth-order valence-corrected chi connectivity index (χ4v) is 2.18. The number of nitrogens with zero attached hydrogens (tertiary/aromatic N) is 5. The van der Waals surface area contributed by atoms with E-state index in [0.29, 0.717) is 0 Å². The molecule has 3 rings (SSSR count). The Balaban J connectivity index is 1.95. The van der Waals surface area contributed by atoms with Gasteiger partial charge in [-0.2, -0.15) is 5.10 Å². The minimum absolute atomic E-state index is 0.736. The van der Waals surface area contributed by atoms with E-state index >= 15 is 0 Å². The number of hydrogen-bond acceptors (Lipinski definition) is 5. The van der Waals surface area contributed by atoms with Crippen molar-refractivity contribution in [3.05, 3.63) is 24.2 Å². The highest BCUT2D eigenvalue weighted by Gasteiger charge is 2.16. The van der Waals surface area contributed by atoms with Crippen molar-refractivity contribution < 1.29 is 4.74 Å². The molecule has 0 radical (unpaired) electrons. The zero-order valence-electron chi connectivity index (χ0n) is 11.2. The Bertz CT molecular complexity index is 574. The van der Waals surface area contributed by atoms with Gasteiger partial charge in [-0.05, 0) is 12.5 Å². The lowest BCUT2D eigenvalue weighted by molar-refractivity contribution is 0.122. The quantitative estimate of drug-likeness (QED) is 0.806. The number of ether oxygens (including phenoxy) is 1. The molecule has 1 aliphatic rings. The van der Waals surface area contributed by atoms with Gasteiger partial charge in [0.15, 0.2) is 0 Å². The second kappa shape index (κ2) is 4.97. The summed E-state index contributed by atoms with van der Waals surface area (Å²) in [6.07, 6.45) is 5.68. The molecule has 1 fully saturated rings. The van der Waals surface area contributed by atoms with Crippen LogP contribution < -0.4 is 4.90 Å². The molecule has 0 bridgehead atoms. The molecule has 0 N–H and O–H groups in total. The SMILES string of the molecule is Cc1cnc(N2CCOCC2)nc1-c1cnn(C)c1. The first-order valence-electron chi connectivity index (χ1n) is 6.39. The summed E-state index contributed by atoms with van der Waals surface area (Å²) in [5.41, 5.74) is 3.03. The molecule has 6 nitrogen and oxygen atoms in total. The van der Waals surface area contributed by atoms with E-state index in [1.807, 2.05) is 32.6 Å². The number of rotatable bonds is 2. The van der Waals surface area contributed by atoms with Gasteiger partial charge >= 0.3 is 0 Å². The van der Waals surface area contributed by atoms with E-state index in [4.69, 9.17) is 4.74 Å². The molecule has 0 spiro atoms. The summed E-state index contributed by atoms with van der Waals surface area (Å²) in [5.74, 6) is 0.771. The third kappa shape index (κ3) is 2.44. The summed E-state index contributed by atoms with van der Waals surface area (Å²) in [5, 5.41) is 4.20. The largest absolute Gasteiger partial charge is 0.378 e. The Labute approximate surface area is 112 Å². The van der Waals surface area contributed by atoms with Crippen LogP contribution in [-0.4, -0.2) is 46.1 Å². The maximum Gasteiger partial charge on any atom is 0.226 e. The van der Waals surface area contributed by atoms with Gasteiger partial charge in [-0.1, -0.05) is 0 Å². The van der Waals surface area contributed by atoms with E-state index in [0.717, 1.165) is 49.1 Å². The Hall–Kier alpha value is -1.95. The molecular formula is C13H17N5O. The molecule has 2 aromatic rings. The van der Waals surface area contributed by atoms with Crippen molar-refractivity contribution in [1.29, 1.82) is 0 Å². The molecule has 2 aromatic heterocycles. The van der Waals surface area contributed by atoms with Crippen molar-refractivity contribution in [3.8, 4) is 11.3 Å². The number of anilines is 1. The number of aryl methyl sites for hydroxylation is 2. The molecule has 0 atom stereocenters. The second-order valence-electron chi connectivity index (χ2n) is 4.70. The van der Waals surface area contributed by atoms with E-state index in [-0.39, 0.29) is 0 Å². The third-order valence-electron chi connectivity index (χ3n) is 3.23. The van der Waals surface area contributed by atoms with Gasteiger partial charge in [-0.15, -0.1) is 0 Å². The van der Waals surface area contributed by atoms with Crippen molar-refractivity contribution in [2.24, 2.45) is 7.05 Å². The Morgan fingerprint density at radius 2 is 2.00 bits per heavy atom. The molecule has 0 aromatic carbocycles. The fourth-order valence-electron chi connectivity index (χ4n) is 2.18. The average molecular weight is 259 g/mol. The van der Waals surface area contributed by atoms with Crippen LogP contribution in [0, 0.1) is 6.92 Å². The number of aromatic nitrogens is 4. The lowest BCUT2D eigenvalue weighted by Gasteiger charge is -2.27. The van der Waals surface area contributed by atoms with Crippen LogP contribution in [0.5, 0.6) is 0 Å². The molecule has 3 heterocycles. The van der Waals surface area contributed by atoms with Crippen molar-refractivity contribution in [2.45, 2.75) is 6.92 Å². The fraction of sp³-hybridized carbons (Fsp3) is 0.462. The van der Waals surface area contributed by atoms with Crippen molar-refractivity contribution in [3.63, 3.8) is 0 Å². The lowest BCUT2D eigenvalue weighted by Crippen LogP contribution is -2.37. The standard InChI is InChI=1S/C13H17N5O/c1-10-7-14-13(18-3-5-19-6-4-18)16-12(10)11-8-15-17(2)9-11/h7-9H,3-6H2,1-2H3. The summed E-state index contributed by atoms with van der Waals surface area (Å²) >= 11 is 0. The minimum atomic E-state index is 0.736. The smallest absolute Gasteiger partial charge is 0.226 e. The molecule has 100 valence electrons. The van der Waals surface area contributed by atoms with Crippen LogP contribution in [0.3, 0.4) is 0 Å². The van der Waals surface area contributed by atoms with Crippen LogP contribution in [0.15, 0.2) is 18.6 Å². The predicted molar refractivity (Wildman–Crippen MR) is 72.0 cm³/mol. The Morgan fingerprint density at radius 1 is 1.21 bits per heavy atom. The maximum atomic E-state index is 5.35. The van der Waals surface area contributed by atoms with Crippen LogP contribution in [0.2, 0.25) is 0 Å². The molecule has 0 amide bonds.